The minimum atomic E-state index is -0.677. The van der Waals surface area contributed by atoms with Crippen LogP contribution in [0.4, 0.5) is 23.3 Å². The Morgan fingerprint density at radius 3 is 2.17 bits per heavy atom. The number of primary amides is 2. The van der Waals surface area contributed by atoms with Gasteiger partial charge in [-0.2, -0.15) is 10.2 Å². The van der Waals surface area contributed by atoms with Gasteiger partial charge in [-0.15, -0.1) is 0 Å². The second kappa shape index (κ2) is 16.8. The zero-order chi connectivity index (χ0) is 42.0. The van der Waals surface area contributed by atoms with Crippen LogP contribution in [0.5, 0.6) is 0 Å². The molecule has 0 spiro atoms. The van der Waals surface area contributed by atoms with E-state index in [2.05, 4.69) is 36.1 Å². The lowest BCUT2D eigenvalue weighted by Gasteiger charge is -2.23. The molecule has 0 bridgehead atoms. The summed E-state index contributed by atoms with van der Waals surface area (Å²) in [6, 6.07) is 6.51. The molecule has 308 valence electrons. The van der Waals surface area contributed by atoms with Crippen LogP contribution in [0.15, 0.2) is 42.6 Å². The standard InChI is InChI=1S/C39H47N15O5/c1-5-53-29(15-21(3)49-53)36(57)47-38-45-27-17-24(33(41)55)16-26(43-19-23-9-13-59-14-10-23)31(27)51(38)11-7-8-12-52-35-28(18-25(20-44-35)34(42)56)46-39(52)48-37(58)32-30(40)22(4)50-54(32)6-2/h7-8,15-18,20,23,43H,5-6,9-14,19,40H2,1-4H3,(H2,41,55)(H2,42,56)(H,45,47,57)(H,46,48,58)/b8-7+. The molecule has 5 aromatic heterocycles. The zero-order valence-corrected chi connectivity index (χ0v) is 33.3. The van der Waals surface area contributed by atoms with Crippen LogP contribution >= 0.6 is 0 Å². The van der Waals surface area contributed by atoms with Gasteiger partial charge in [-0.1, -0.05) is 12.2 Å². The summed E-state index contributed by atoms with van der Waals surface area (Å²) in [5.74, 6) is -1.51. The number of allylic oxidation sites excluding steroid dienone is 2. The van der Waals surface area contributed by atoms with E-state index in [0.717, 1.165) is 12.8 Å². The van der Waals surface area contributed by atoms with Crippen LogP contribution in [-0.4, -0.2) is 87.0 Å². The Balaban J connectivity index is 1.25. The number of aryl methyl sites for hydroxylation is 4. The highest BCUT2D eigenvalue weighted by Gasteiger charge is 2.24. The topological polar surface area (TPSA) is 276 Å². The molecule has 1 aliphatic heterocycles. The number of nitrogen functional groups attached to an aromatic ring is 1. The molecule has 1 fully saturated rings. The third-order valence-corrected chi connectivity index (χ3v) is 10.2. The van der Waals surface area contributed by atoms with Crippen molar-refractivity contribution in [1.82, 2.24) is 43.6 Å². The number of fused-ring (bicyclic) bond motifs is 2. The first-order valence-electron chi connectivity index (χ1n) is 19.3. The van der Waals surface area contributed by atoms with Crippen LogP contribution in [0.1, 0.15) is 79.8 Å². The number of nitrogens with one attached hydrogen (secondary N) is 3. The van der Waals surface area contributed by atoms with Crippen molar-refractivity contribution in [2.45, 2.75) is 66.7 Å². The van der Waals surface area contributed by atoms with Gasteiger partial charge in [0, 0.05) is 57.7 Å². The minimum Gasteiger partial charge on any atom is -0.395 e. The zero-order valence-electron chi connectivity index (χ0n) is 33.3. The van der Waals surface area contributed by atoms with Crippen LogP contribution in [0.3, 0.4) is 0 Å². The molecule has 7 rings (SSSR count). The van der Waals surface area contributed by atoms with Gasteiger partial charge in [0.15, 0.2) is 5.65 Å². The van der Waals surface area contributed by atoms with Gasteiger partial charge < -0.3 is 31.8 Å². The Kier molecular flexibility index (Phi) is 11.4. The van der Waals surface area contributed by atoms with Crippen molar-refractivity contribution in [3.8, 4) is 0 Å². The quantitative estimate of drug-likeness (QED) is 0.0817. The molecule has 1 aliphatic rings. The van der Waals surface area contributed by atoms with Crippen molar-refractivity contribution in [3.63, 3.8) is 0 Å². The van der Waals surface area contributed by atoms with Gasteiger partial charge in [0.2, 0.25) is 23.7 Å². The molecule has 0 aliphatic carbocycles. The molecule has 4 amide bonds. The molecule has 6 heterocycles. The highest BCUT2D eigenvalue weighted by atomic mass is 16.5. The molecule has 0 saturated carbocycles. The summed E-state index contributed by atoms with van der Waals surface area (Å²) in [6.45, 7) is 10.5. The third-order valence-electron chi connectivity index (χ3n) is 10.2. The Morgan fingerprint density at radius 2 is 1.47 bits per heavy atom. The van der Waals surface area contributed by atoms with Crippen molar-refractivity contribution in [2.24, 2.45) is 17.4 Å². The Bertz CT molecular complexity index is 2620. The average Bonchev–Trinajstić information content (AvgIpc) is 3.96. The lowest BCUT2D eigenvalue weighted by atomic mass is 10.0. The van der Waals surface area contributed by atoms with E-state index >= 15 is 0 Å². The van der Waals surface area contributed by atoms with Gasteiger partial charge in [-0.05, 0) is 70.7 Å². The summed E-state index contributed by atoms with van der Waals surface area (Å²) >= 11 is 0. The van der Waals surface area contributed by atoms with E-state index in [1.807, 2.05) is 37.5 Å². The Labute approximate surface area is 338 Å². The molecule has 20 nitrogen and oxygen atoms in total. The molecule has 0 atom stereocenters. The van der Waals surface area contributed by atoms with Crippen LogP contribution in [-0.2, 0) is 30.9 Å². The number of benzene rings is 1. The monoisotopic (exact) mass is 805 g/mol. The maximum Gasteiger partial charge on any atom is 0.278 e. The maximum absolute atomic E-state index is 13.8. The number of nitrogens with two attached hydrogens (primary N) is 3. The summed E-state index contributed by atoms with van der Waals surface area (Å²) in [5.41, 5.74) is 22.4. The van der Waals surface area contributed by atoms with Crippen LogP contribution in [0, 0.1) is 19.8 Å². The highest BCUT2D eigenvalue weighted by molar-refractivity contribution is 6.07. The normalized spacial score (nSPS) is 13.4. The van der Waals surface area contributed by atoms with E-state index < -0.39 is 23.6 Å². The third kappa shape index (κ3) is 8.19. The van der Waals surface area contributed by atoms with E-state index in [4.69, 9.17) is 26.9 Å². The highest BCUT2D eigenvalue weighted by Crippen LogP contribution is 2.31. The predicted octanol–water partition coefficient (Wildman–Crippen LogP) is 3.21. The fourth-order valence-electron chi connectivity index (χ4n) is 7.16. The van der Waals surface area contributed by atoms with Crippen molar-refractivity contribution in [2.75, 3.05) is 41.4 Å². The van der Waals surface area contributed by atoms with Gasteiger partial charge in [0.1, 0.15) is 16.9 Å². The number of imidazole rings is 2. The fourth-order valence-corrected chi connectivity index (χ4v) is 7.16. The van der Waals surface area contributed by atoms with Gasteiger partial charge in [0.05, 0.1) is 39.4 Å². The molecule has 0 unspecified atom stereocenters. The van der Waals surface area contributed by atoms with E-state index in [1.54, 1.807) is 34.4 Å². The van der Waals surface area contributed by atoms with Gasteiger partial charge >= 0.3 is 0 Å². The fraction of sp³-hybridized carbons (Fsp3) is 0.359. The number of carbonyl (C=O) groups is 4. The van der Waals surface area contributed by atoms with Crippen LogP contribution in [0.2, 0.25) is 0 Å². The van der Waals surface area contributed by atoms with Gasteiger partial charge in [-0.3, -0.25) is 43.7 Å². The lowest BCUT2D eigenvalue weighted by Crippen LogP contribution is -2.23. The lowest BCUT2D eigenvalue weighted by molar-refractivity contribution is 0.0699. The molecule has 20 heteroatoms. The maximum atomic E-state index is 13.8. The number of ether oxygens (including phenoxy) is 1. The summed E-state index contributed by atoms with van der Waals surface area (Å²) < 4.78 is 12.2. The minimum absolute atomic E-state index is 0.145. The Morgan fingerprint density at radius 1 is 0.831 bits per heavy atom. The molecule has 9 N–H and O–H groups in total. The molecule has 1 aromatic carbocycles. The van der Waals surface area contributed by atoms with E-state index in [9.17, 15) is 19.2 Å². The number of nitrogens with zero attached hydrogens (tertiary/aromatic N) is 9. The van der Waals surface area contributed by atoms with E-state index in [1.165, 1.54) is 16.9 Å². The van der Waals surface area contributed by atoms with Crippen LogP contribution < -0.4 is 33.2 Å². The SMILES string of the molecule is CCn1nc(C)cc1C(=O)Nc1nc2cc(C(N)=O)cc(NCC3CCOCC3)c2n1C/C=C/Cn1c(NC(=O)c2c(N)c(C)nn2CC)nc2cc(C(N)=O)cnc21. The number of hydrogen-bond acceptors (Lipinski definition) is 12. The molecule has 6 aromatic rings. The second-order valence-corrected chi connectivity index (χ2v) is 14.2. The van der Waals surface area contributed by atoms with E-state index in [0.29, 0.717) is 83.7 Å². The molecule has 0 radical (unpaired) electrons. The van der Waals surface area contributed by atoms with Gasteiger partial charge in [-0.25, -0.2) is 15.0 Å². The number of aromatic nitrogens is 9. The van der Waals surface area contributed by atoms with Crippen molar-refractivity contribution < 1.29 is 23.9 Å². The van der Waals surface area contributed by atoms with Crippen LogP contribution in [0.25, 0.3) is 22.2 Å². The van der Waals surface area contributed by atoms with Crippen molar-refractivity contribution in [3.05, 3.63) is 76.5 Å². The van der Waals surface area contributed by atoms with Crippen molar-refractivity contribution in [1.29, 1.82) is 0 Å². The molecular formula is C39H47N15O5. The number of carbonyl (C=O) groups excluding carboxylic acids is 4. The summed E-state index contributed by atoms with van der Waals surface area (Å²) in [5, 5.41) is 18.1. The largest absolute Gasteiger partial charge is 0.395 e. The molecular weight excluding hydrogens is 759 g/mol. The van der Waals surface area contributed by atoms with Gasteiger partial charge in [0.25, 0.3) is 11.8 Å². The smallest absolute Gasteiger partial charge is 0.278 e. The summed E-state index contributed by atoms with van der Waals surface area (Å²) in [7, 11) is 0. The first kappa shape index (κ1) is 40.1. The number of hydrogen-bond donors (Lipinski definition) is 6. The first-order valence-corrected chi connectivity index (χ1v) is 19.3. The number of rotatable bonds is 15. The summed E-state index contributed by atoms with van der Waals surface area (Å²) in [4.78, 5) is 65.8. The second-order valence-electron chi connectivity index (χ2n) is 14.2. The average molecular weight is 806 g/mol. The Hall–Kier alpha value is -7.09. The van der Waals surface area contributed by atoms with E-state index in [-0.39, 0.29) is 47.5 Å². The molecule has 59 heavy (non-hydrogen) atoms. The first-order chi connectivity index (χ1) is 28.4. The number of pyridine rings is 1. The molecule has 1 saturated heterocycles. The number of amides is 4. The van der Waals surface area contributed by atoms with Crippen molar-refractivity contribution >= 4 is 69.1 Å². The predicted molar refractivity (Wildman–Crippen MR) is 221 cm³/mol. The number of anilines is 4. The summed E-state index contributed by atoms with van der Waals surface area (Å²) in [6.07, 6.45) is 6.83.